The molecule has 2 bridgehead atoms. The second kappa shape index (κ2) is 6.45. The molecule has 0 spiro atoms. The van der Waals surface area contributed by atoms with Crippen molar-refractivity contribution in [3.8, 4) is 11.3 Å². The van der Waals surface area contributed by atoms with E-state index < -0.39 is 21.2 Å². The summed E-state index contributed by atoms with van der Waals surface area (Å²) in [6, 6.07) is 4.98. The van der Waals surface area contributed by atoms with E-state index in [-0.39, 0.29) is 10.7 Å². The number of alkyl halides is 1. The number of rotatable bonds is 4. The Balaban J connectivity index is 1.52. The minimum atomic E-state index is -3.78. The second-order valence-electron chi connectivity index (χ2n) is 8.54. The summed E-state index contributed by atoms with van der Waals surface area (Å²) in [5.74, 6) is 0.247. The van der Waals surface area contributed by atoms with E-state index in [1.807, 2.05) is 6.92 Å². The highest BCUT2D eigenvalue weighted by Crippen LogP contribution is 2.49. The molecule has 2 aromatic heterocycles. The minimum absolute atomic E-state index is 0.164. The first-order chi connectivity index (χ1) is 14.2. The highest BCUT2D eigenvalue weighted by Gasteiger charge is 2.50. The van der Waals surface area contributed by atoms with Crippen LogP contribution in [0.5, 0.6) is 0 Å². The minimum Gasteiger partial charge on any atom is -0.381 e. The molecule has 2 heterocycles. The fourth-order valence-electron chi connectivity index (χ4n) is 4.70. The number of anilines is 1. The Morgan fingerprint density at radius 2 is 1.83 bits per heavy atom. The van der Waals surface area contributed by atoms with Gasteiger partial charge in [-0.3, -0.25) is 0 Å². The third kappa shape index (κ3) is 3.05. The number of sulfonamides is 1. The lowest BCUT2D eigenvalue weighted by Gasteiger charge is -2.49. The maximum absolute atomic E-state index is 14.5. The van der Waals surface area contributed by atoms with Crippen molar-refractivity contribution >= 4 is 21.5 Å². The lowest BCUT2D eigenvalue weighted by molar-refractivity contribution is 0.000968. The van der Waals surface area contributed by atoms with Crippen LogP contribution >= 0.6 is 0 Å². The van der Waals surface area contributed by atoms with Gasteiger partial charge in [0.2, 0.25) is 10.0 Å². The summed E-state index contributed by atoms with van der Waals surface area (Å²) >= 11 is 0. The van der Waals surface area contributed by atoms with E-state index in [0.717, 1.165) is 5.56 Å². The molecule has 158 valence electrons. The van der Waals surface area contributed by atoms with Crippen LogP contribution in [-0.4, -0.2) is 39.2 Å². The molecule has 3 aliphatic rings. The van der Waals surface area contributed by atoms with Crippen LogP contribution in [0.25, 0.3) is 16.9 Å². The second-order valence-corrected chi connectivity index (χ2v) is 10.2. The van der Waals surface area contributed by atoms with Gasteiger partial charge in [-0.2, -0.15) is 5.10 Å². The van der Waals surface area contributed by atoms with Gasteiger partial charge in [0.05, 0.1) is 16.8 Å². The van der Waals surface area contributed by atoms with Gasteiger partial charge in [-0.15, -0.1) is 0 Å². The summed E-state index contributed by atoms with van der Waals surface area (Å²) in [6.45, 7) is 1.89. The summed E-state index contributed by atoms with van der Waals surface area (Å²) in [6.07, 6.45) is 5.78. The molecule has 0 amide bonds. The van der Waals surface area contributed by atoms with Crippen molar-refractivity contribution in [3.05, 3.63) is 36.3 Å². The fraction of sp³-hybridized carbons (Fsp3) is 0.450. The summed E-state index contributed by atoms with van der Waals surface area (Å²) in [5, 5.41) is 4.20. The molecule has 1 aromatic carbocycles. The van der Waals surface area contributed by atoms with Crippen LogP contribution in [0.3, 0.4) is 0 Å². The first-order valence-corrected chi connectivity index (χ1v) is 11.5. The number of halogens is 1. The third-order valence-corrected chi connectivity index (χ3v) is 8.21. The van der Waals surface area contributed by atoms with Crippen LogP contribution in [0.4, 0.5) is 10.2 Å². The molecule has 0 unspecified atom stereocenters. The molecule has 3 aliphatic carbocycles. The number of aromatic nitrogens is 4. The standard InChI is InChI=1S/C20H23FN6O2S/c1-13-2-3-14(10-15(13)16-11-23-18-17(22)24-12-25-27(16)18)30(28,29)26-20-7-4-19(21,5-8-20)6-9-20/h2-3,10-12,26H,4-9H2,1H3,(H2,22,24,25). The predicted molar refractivity (Wildman–Crippen MR) is 110 cm³/mol. The number of fused-ring (bicyclic) bond motifs is 4. The monoisotopic (exact) mass is 430 g/mol. The van der Waals surface area contributed by atoms with Gasteiger partial charge in [-0.1, -0.05) is 6.07 Å². The number of aryl methyl sites for hydroxylation is 1. The van der Waals surface area contributed by atoms with Crippen LogP contribution in [0.15, 0.2) is 35.6 Å². The molecule has 0 aliphatic heterocycles. The molecule has 10 heteroatoms. The van der Waals surface area contributed by atoms with Crippen molar-refractivity contribution < 1.29 is 12.8 Å². The van der Waals surface area contributed by atoms with E-state index in [2.05, 4.69) is 19.8 Å². The van der Waals surface area contributed by atoms with Crippen molar-refractivity contribution in [2.75, 3.05) is 5.73 Å². The Kier molecular flexibility index (Phi) is 4.17. The van der Waals surface area contributed by atoms with Crippen molar-refractivity contribution in [3.63, 3.8) is 0 Å². The van der Waals surface area contributed by atoms with Gasteiger partial charge in [0, 0.05) is 11.1 Å². The van der Waals surface area contributed by atoms with Gasteiger partial charge < -0.3 is 5.73 Å². The number of nitrogens with zero attached hydrogens (tertiary/aromatic N) is 4. The van der Waals surface area contributed by atoms with E-state index in [9.17, 15) is 12.8 Å². The van der Waals surface area contributed by atoms with Crippen LogP contribution in [0.1, 0.15) is 44.1 Å². The summed E-state index contributed by atoms with van der Waals surface area (Å²) in [7, 11) is -3.78. The number of nitrogens with two attached hydrogens (primary N) is 1. The predicted octanol–water partition coefficient (Wildman–Crippen LogP) is 2.78. The normalized spacial score (nSPS) is 26.3. The van der Waals surface area contributed by atoms with Gasteiger partial charge in [-0.25, -0.2) is 32.0 Å². The highest BCUT2D eigenvalue weighted by atomic mass is 32.2. The lowest BCUT2D eigenvalue weighted by atomic mass is 9.65. The third-order valence-electron chi connectivity index (χ3n) is 6.63. The van der Waals surface area contributed by atoms with E-state index in [0.29, 0.717) is 55.4 Å². The van der Waals surface area contributed by atoms with E-state index in [1.54, 1.807) is 28.9 Å². The number of hydrogen-bond acceptors (Lipinski definition) is 6. The zero-order valence-electron chi connectivity index (χ0n) is 16.6. The highest BCUT2D eigenvalue weighted by molar-refractivity contribution is 7.89. The Bertz CT molecular complexity index is 1230. The first kappa shape index (κ1) is 19.4. The van der Waals surface area contributed by atoms with E-state index >= 15 is 0 Å². The molecular formula is C20H23FN6O2S. The number of nitrogens with one attached hydrogen (secondary N) is 1. The quantitative estimate of drug-likeness (QED) is 0.658. The Morgan fingerprint density at radius 1 is 1.13 bits per heavy atom. The van der Waals surface area contributed by atoms with Crippen molar-refractivity contribution in [2.24, 2.45) is 0 Å². The molecule has 0 atom stereocenters. The molecule has 3 N–H and O–H groups in total. The lowest BCUT2D eigenvalue weighted by Crippen LogP contribution is -2.57. The zero-order chi connectivity index (χ0) is 21.1. The van der Waals surface area contributed by atoms with Crippen molar-refractivity contribution in [1.29, 1.82) is 0 Å². The molecule has 6 rings (SSSR count). The maximum atomic E-state index is 14.5. The number of imidazole rings is 1. The topological polar surface area (TPSA) is 115 Å². The largest absolute Gasteiger partial charge is 0.381 e. The van der Waals surface area contributed by atoms with E-state index in [1.165, 1.54) is 6.33 Å². The van der Waals surface area contributed by atoms with Crippen LogP contribution in [0, 0.1) is 6.92 Å². The summed E-state index contributed by atoms with van der Waals surface area (Å²) in [4.78, 5) is 8.37. The molecule has 8 nitrogen and oxygen atoms in total. The summed E-state index contributed by atoms with van der Waals surface area (Å²) < 4.78 is 45.4. The maximum Gasteiger partial charge on any atom is 0.241 e. The van der Waals surface area contributed by atoms with Gasteiger partial charge in [0.1, 0.15) is 12.0 Å². The van der Waals surface area contributed by atoms with Crippen molar-refractivity contribution in [2.45, 2.75) is 61.6 Å². The number of benzene rings is 1. The first-order valence-electron chi connectivity index (χ1n) is 9.99. The van der Waals surface area contributed by atoms with Crippen LogP contribution in [0.2, 0.25) is 0 Å². The Labute approximate surface area is 173 Å². The summed E-state index contributed by atoms with van der Waals surface area (Å²) in [5.41, 5.74) is 6.81. The molecular weight excluding hydrogens is 407 g/mol. The van der Waals surface area contributed by atoms with Crippen LogP contribution < -0.4 is 10.5 Å². The molecule has 3 aromatic rings. The molecule has 0 saturated heterocycles. The average Bonchev–Trinajstić information content (AvgIpc) is 3.14. The number of hydrogen-bond donors (Lipinski definition) is 2. The molecule has 3 fully saturated rings. The number of nitrogen functional groups attached to an aromatic ring is 1. The molecule has 30 heavy (non-hydrogen) atoms. The average molecular weight is 431 g/mol. The van der Waals surface area contributed by atoms with Gasteiger partial charge in [0.15, 0.2) is 11.5 Å². The van der Waals surface area contributed by atoms with Gasteiger partial charge in [-0.05, 0) is 63.1 Å². The smallest absolute Gasteiger partial charge is 0.241 e. The molecule has 3 saturated carbocycles. The van der Waals surface area contributed by atoms with Gasteiger partial charge >= 0.3 is 0 Å². The van der Waals surface area contributed by atoms with E-state index in [4.69, 9.17) is 5.73 Å². The van der Waals surface area contributed by atoms with Crippen molar-refractivity contribution in [1.82, 2.24) is 24.3 Å². The SMILES string of the molecule is Cc1ccc(S(=O)(=O)NC23CCC(F)(CC2)CC3)cc1-c1cnc2c(N)ncnn12. The Hall–Kier alpha value is -2.59. The van der Waals surface area contributed by atoms with Crippen LogP contribution in [-0.2, 0) is 10.0 Å². The molecule has 0 radical (unpaired) electrons. The fourth-order valence-corrected chi connectivity index (χ4v) is 6.21. The zero-order valence-corrected chi connectivity index (χ0v) is 17.4. The van der Waals surface area contributed by atoms with Gasteiger partial charge in [0.25, 0.3) is 0 Å². The Morgan fingerprint density at radius 3 is 2.53 bits per heavy atom.